The molecule has 1 fully saturated rings. The van der Waals surface area contributed by atoms with E-state index in [-0.39, 0.29) is 18.7 Å². The van der Waals surface area contributed by atoms with Gasteiger partial charge in [-0.3, -0.25) is 14.4 Å². The molecule has 26 heavy (non-hydrogen) atoms. The fourth-order valence-corrected chi connectivity index (χ4v) is 2.80. The Morgan fingerprint density at radius 3 is 2.00 bits per heavy atom. The topological polar surface area (TPSA) is 92.8 Å². The first-order valence-electron chi connectivity index (χ1n) is 9.82. The molecule has 0 saturated carbocycles. The van der Waals surface area contributed by atoms with Gasteiger partial charge in [0.2, 0.25) is 5.91 Å². The van der Waals surface area contributed by atoms with Gasteiger partial charge in [-0.25, -0.2) is 4.79 Å². The van der Waals surface area contributed by atoms with E-state index in [2.05, 4.69) is 12.2 Å². The lowest BCUT2D eigenvalue weighted by molar-refractivity contribution is -0.198. The summed E-state index contributed by atoms with van der Waals surface area (Å²) in [5, 5.41) is 3.04. The van der Waals surface area contributed by atoms with Crippen LogP contribution in [-0.4, -0.2) is 34.8 Å². The van der Waals surface area contributed by atoms with Crippen LogP contribution in [-0.2, 0) is 24.0 Å². The van der Waals surface area contributed by atoms with Crippen LogP contribution in [0.4, 0.5) is 0 Å². The predicted octanol–water partition coefficient (Wildman–Crippen LogP) is 3.02. The van der Waals surface area contributed by atoms with Crippen LogP contribution in [0.25, 0.3) is 0 Å². The van der Waals surface area contributed by atoms with Crippen LogP contribution >= 0.6 is 0 Å². The highest BCUT2D eigenvalue weighted by Gasteiger charge is 2.34. The lowest BCUT2D eigenvalue weighted by Gasteiger charge is -2.17. The molecule has 7 heteroatoms. The summed E-state index contributed by atoms with van der Waals surface area (Å²) in [5.74, 6) is -2.10. The Morgan fingerprint density at radius 1 is 0.962 bits per heavy atom. The van der Waals surface area contributed by atoms with E-state index in [1.54, 1.807) is 0 Å². The molecule has 1 heterocycles. The van der Waals surface area contributed by atoms with Gasteiger partial charge in [0.15, 0.2) is 0 Å². The first-order valence-corrected chi connectivity index (χ1v) is 9.82. The van der Waals surface area contributed by atoms with Gasteiger partial charge in [-0.1, -0.05) is 58.3 Å². The molecule has 1 aliphatic heterocycles. The van der Waals surface area contributed by atoms with Crippen molar-refractivity contribution in [3.05, 3.63) is 0 Å². The van der Waals surface area contributed by atoms with Crippen molar-refractivity contribution < 1.29 is 24.0 Å². The van der Waals surface area contributed by atoms with Crippen LogP contribution in [0.3, 0.4) is 0 Å². The average molecular weight is 368 g/mol. The quantitative estimate of drug-likeness (QED) is 0.398. The maximum atomic E-state index is 11.9. The van der Waals surface area contributed by atoms with Crippen molar-refractivity contribution in [3.8, 4) is 0 Å². The zero-order valence-corrected chi connectivity index (χ0v) is 16.1. The number of rotatable bonds is 13. The summed E-state index contributed by atoms with van der Waals surface area (Å²) < 4.78 is 0. The van der Waals surface area contributed by atoms with Crippen LogP contribution in [0, 0.1) is 0 Å². The standard InChI is InChI=1S/C19H32N2O5/c1-3-4-5-6-7-8-9-10-11-12-16(22)20-15(2)19(25)26-21-17(23)13-14-18(21)24/h15H,3-14H2,1-2H3,(H,20,22)/t15-/m0/s1. The average Bonchev–Trinajstić information content (AvgIpc) is 2.92. The second-order valence-electron chi connectivity index (χ2n) is 6.86. The van der Waals surface area contributed by atoms with Gasteiger partial charge in [0.25, 0.3) is 11.8 Å². The lowest BCUT2D eigenvalue weighted by atomic mass is 10.1. The van der Waals surface area contributed by atoms with Gasteiger partial charge >= 0.3 is 5.97 Å². The third-order valence-electron chi connectivity index (χ3n) is 4.43. The highest BCUT2D eigenvalue weighted by Crippen LogP contribution is 2.13. The second-order valence-corrected chi connectivity index (χ2v) is 6.86. The number of hydrogen-bond donors (Lipinski definition) is 1. The number of hydrogen-bond acceptors (Lipinski definition) is 5. The lowest BCUT2D eigenvalue weighted by Crippen LogP contribution is -2.43. The number of nitrogens with zero attached hydrogens (tertiary/aromatic N) is 1. The maximum absolute atomic E-state index is 11.9. The predicted molar refractivity (Wildman–Crippen MR) is 96.6 cm³/mol. The van der Waals surface area contributed by atoms with E-state index >= 15 is 0 Å². The van der Waals surface area contributed by atoms with Gasteiger partial charge in [-0.2, -0.15) is 0 Å². The molecule has 0 unspecified atom stereocenters. The molecule has 1 aliphatic rings. The summed E-state index contributed by atoms with van der Waals surface area (Å²) in [5.41, 5.74) is 0. The van der Waals surface area contributed by atoms with E-state index in [0.717, 1.165) is 19.3 Å². The minimum Gasteiger partial charge on any atom is -0.343 e. The SMILES string of the molecule is CCCCCCCCCCCC(=O)N[C@@H](C)C(=O)ON1C(=O)CCC1=O. The number of amides is 3. The highest BCUT2D eigenvalue weighted by atomic mass is 16.7. The van der Waals surface area contributed by atoms with Crippen molar-refractivity contribution in [3.63, 3.8) is 0 Å². The number of nitrogens with one attached hydrogen (secondary N) is 1. The molecule has 0 aliphatic carbocycles. The van der Waals surface area contributed by atoms with Crippen LogP contribution in [0.2, 0.25) is 0 Å². The maximum Gasteiger partial charge on any atom is 0.354 e. The molecule has 0 bridgehead atoms. The van der Waals surface area contributed by atoms with E-state index in [4.69, 9.17) is 4.84 Å². The Morgan fingerprint density at radius 2 is 1.46 bits per heavy atom. The van der Waals surface area contributed by atoms with E-state index in [9.17, 15) is 19.2 Å². The molecule has 148 valence electrons. The van der Waals surface area contributed by atoms with Crippen molar-refractivity contribution in [2.24, 2.45) is 0 Å². The van der Waals surface area contributed by atoms with E-state index < -0.39 is 23.8 Å². The van der Waals surface area contributed by atoms with Crippen molar-refractivity contribution >= 4 is 23.7 Å². The number of unbranched alkanes of at least 4 members (excludes halogenated alkanes) is 8. The third-order valence-corrected chi connectivity index (χ3v) is 4.43. The van der Waals surface area contributed by atoms with E-state index in [1.165, 1.54) is 45.4 Å². The normalized spacial score (nSPS) is 15.2. The smallest absolute Gasteiger partial charge is 0.343 e. The number of hydroxylamine groups is 2. The molecule has 0 aromatic carbocycles. The van der Waals surface area contributed by atoms with Crippen LogP contribution in [0.15, 0.2) is 0 Å². The van der Waals surface area contributed by atoms with Gasteiger partial charge in [0.05, 0.1) is 0 Å². The van der Waals surface area contributed by atoms with Gasteiger partial charge in [-0.15, -0.1) is 5.06 Å². The number of carbonyl (C=O) groups is 4. The Balaban J connectivity index is 2.09. The summed E-state index contributed by atoms with van der Waals surface area (Å²) in [6.07, 6.45) is 11.0. The Kier molecular flexibility index (Phi) is 10.6. The van der Waals surface area contributed by atoms with Crippen LogP contribution in [0.5, 0.6) is 0 Å². The molecule has 0 radical (unpaired) electrons. The van der Waals surface area contributed by atoms with E-state index in [1.807, 2.05) is 0 Å². The molecule has 7 nitrogen and oxygen atoms in total. The minimum atomic E-state index is -0.901. The van der Waals surface area contributed by atoms with Crippen molar-refractivity contribution in [1.29, 1.82) is 0 Å². The minimum absolute atomic E-state index is 0.0471. The molecular weight excluding hydrogens is 336 g/mol. The first-order chi connectivity index (χ1) is 12.5. The molecular formula is C19H32N2O5. The largest absolute Gasteiger partial charge is 0.354 e. The van der Waals surface area contributed by atoms with Gasteiger partial charge in [0, 0.05) is 19.3 Å². The highest BCUT2D eigenvalue weighted by molar-refractivity contribution is 6.01. The molecule has 1 rings (SSSR count). The first kappa shape index (κ1) is 22.1. The Labute approximate surface area is 155 Å². The van der Waals surface area contributed by atoms with Crippen LogP contribution < -0.4 is 5.32 Å². The Bertz CT molecular complexity index is 476. The fourth-order valence-electron chi connectivity index (χ4n) is 2.80. The molecule has 0 aromatic rings. The molecule has 1 atom stereocenters. The fraction of sp³-hybridized carbons (Fsp3) is 0.789. The van der Waals surface area contributed by atoms with Gasteiger partial charge in [0.1, 0.15) is 6.04 Å². The zero-order valence-electron chi connectivity index (χ0n) is 16.1. The Hall–Kier alpha value is -1.92. The molecule has 1 saturated heterocycles. The summed E-state index contributed by atoms with van der Waals surface area (Å²) in [6.45, 7) is 3.68. The summed E-state index contributed by atoms with van der Waals surface area (Å²) in [6, 6.07) is -0.901. The second kappa shape index (κ2) is 12.4. The van der Waals surface area contributed by atoms with Crippen molar-refractivity contribution in [2.45, 2.75) is 96.9 Å². The molecule has 0 spiro atoms. The third kappa shape index (κ3) is 8.45. The van der Waals surface area contributed by atoms with E-state index in [0.29, 0.717) is 11.5 Å². The molecule has 0 aromatic heterocycles. The van der Waals surface area contributed by atoms with Crippen molar-refractivity contribution in [1.82, 2.24) is 10.4 Å². The molecule has 1 N–H and O–H groups in total. The summed E-state index contributed by atoms with van der Waals surface area (Å²) in [7, 11) is 0. The summed E-state index contributed by atoms with van der Waals surface area (Å²) >= 11 is 0. The summed E-state index contributed by atoms with van der Waals surface area (Å²) in [4.78, 5) is 51.3. The zero-order chi connectivity index (χ0) is 19.4. The monoisotopic (exact) mass is 368 g/mol. The van der Waals surface area contributed by atoms with Crippen LogP contribution in [0.1, 0.15) is 90.9 Å². The van der Waals surface area contributed by atoms with Gasteiger partial charge < -0.3 is 10.2 Å². The number of carbonyl (C=O) groups excluding carboxylic acids is 4. The van der Waals surface area contributed by atoms with Crippen molar-refractivity contribution in [2.75, 3.05) is 0 Å². The number of imide groups is 1. The molecule has 3 amide bonds. The van der Waals surface area contributed by atoms with Gasteiger partial charge in [-0.05, 0) is 13.3 Å².